The van der Waals surface area contributed by atoms with Gasteiger partial charge in [0.25, 0.3) is 0 Å². The second-order valence-electron chi connectivity index (χ2n) is 5.84. The van der Waals surface area contributed by atoms with Crippen LogP contribution in [-0.2, 0) is 9.59 Å². The molecule has 2 aromatic rings. The summed E-state index contributed by atoms with van der Waals surface area (Å²) in [5.74, 6) is -1.10. The molecule has 0 spiro atoms. The topological polar surface area (TPSA) is 49.4 Å². The number of carbonyl (C=O) groups is 2. The van der Waals surface area contributed by atoms with Crippen molar-refractivity contribution in [2.75, 3.05) is 16.8 Å². The third-order valence-electron chi connectivity index (χ3n) is 4.06. The van der Waals surface area contributed by atoms with Gasteiger partial charge in [-0.15, -0.1) is 0 Å². The van der Waals surface area contributed by atoms with Crippen molar-refractivity contribution in [1.29, 1.82) is 0 Å². The molecule has 0 radical (unpaired) electrons. The standard InChI is InChI=1S/C18H16BrFN2O2/c1-11-8-14(4-7-16(11)19)21-18(24)12-9-17(23)22(10-12)15-5-2-13(20)3-6-15/h2-8,12H,9-10H2,1H3,(H,21,24). The maximum Gasteiger partial charge on any atom is 0.229 e. The van der Waals surface area contributed by atoms with Crippen LogP contribution in [0, 0.1) is 18.7 Å². The lowest BCUT2D eigenvalue weighted by Gasteiger charge is -2.16. The van der Waals surface area contributed by atoms with E-state index >= 15 is 0 Å². The van der Waals surface area contributed by atoms with Crippen molar-refractivity contribution in [3.63, 3.8) is 0 Å². The van der Waals surface area contributed by atoms with Crippen LogP contribution in [0.3, 0.4) is 0 Å². The number of nitrogens with zero attached hydrogens (tertiary/aromatic N) is 1. The second-order valence-corrected chi connectivity index (χ2v) is 6.69. The summed E-state index contributed by atoms with van der Waals surface area (Å²) in [7, 11) is 0. The monoisotopic (exact) mass is 390 g/mol. The number of anilines is 2. The fourth-order valence-electron chi connectivity index (χ4n) is 2.72. The van der Waals surface area contributed by atoms with Gasteiger partial charge in [0.1, 0.15) is 5.82 Å². The molecule has 1 heterocycles. The lowest BCUT2D eigenvalue weighted by molar-refractivity contribution is -0.122. The van der Waals surface area contributed by atoms with Crippen LogP contribution in [0.1, 0.15) is 12.0 Å². The molecule has 24 heavy (non-hydrogen) atoms. The summed E-state index contributed by atoms with van der Waals surface area (Å²) in [6, 6.07) is 11.3. The SMILES string of the molecule is Cc1cc(NC(=O)C2CC(=O)N(c3ccc(F)cc3)C2)ccc1Br. The van der Waals surface area contributed by atoms with Gasteiger partial charge in [0.05, 0.1) is 5.92 Å². The Bertz CT molecular complexity index is 792. The van der Waals surface area contributed by atoms with Crippen molar-refractivity contribution >= 4 is 39.1 Å². The number of benzene rings is 2. The number of hydrogen-bond acceptors (Lipinski definition) is 2. The van der Waals surface area contributed by atoms with Crippen LogP contribution < -0.4 is 10.2 Å². The number of nitrogens with one attached hydrogen (secondary N) is 1. The molecule has 1 unspecified atom stereocenters. The van der Waals surface area contributed by atoms with E-state index in [4.69, 9.17) is 0 Å². The van der Waals surface area contributed by atoms with Crippen LogP contribution in [-0.4, -0.2) is 18.4 Å². The molecule has 124 valence electrons. The molecular weight excluding hydrogens is 375 g/mol. The fourth-order valence-corrected chi connectivity index (χ4v) is 2.97. The predicted molar refractivity (Wildman–Crippen MR) is 94.4 cm³/mol. The Morgan fingerprint density at radius 3 is 2.62 bits per heavy atom. The average molecular weight is 391 g/mol. The van der Waals surface area contributed by atoms with E-state index in [2.05, 4.69) is 21.2 Å². The van der Waals surface area contributed by atoms with Crippen molar-refractivity contribution in [2.24, 2.45) is 5.92 Å². The molecule has 2 amide bonds. The Balaban J connectivity index is 1.69. The summed E-state index contributed by atoms with van der Waals surface area (Å²) in [5, 5.41) is 2.85. The highest BCUT2D eigenvalue weighted by Crippen LogP contribution is 2.27. The molecule has 0 bridgehead atoms. The molecule has 1 fully saturated rings. The highest BCUT2D eigenvalue weighted by Gasteiger charge is 2.35. The molecule has 1 aliphatic rings. The van der Waals surface area contributed by atoms with Crippen LogP contribution in [0.2, 0.25) is 0 Å². The zero-order chi connectivity index (χ0) is 17.3. The summed E-state index contributed by atoms with van der Waals surface area (Å²) in [6.07, 6.45) is 0.152. The number of rotatable bonds is 3. The quantitative estimate of drug-likeness (QED) is 0.863. The summed E-state index contributed by atoms with van der Waals surface area (Å²) in [5.41, 5.74) is 2.33. The van der Waals surface area contributed by atoms with Gasteiger partial charge in [-0.3, -0.25) is 9.59 Å². The van der Waals surface area contributed by atoms with Gasteiger partial charge in [0.15, 0.2) is 0 Å². The van der Waals surface area contributed by atoms with E-state index in [1.54, 1.807) is 12.1 Å². The minimum absolute atomic E-state index is 0.131. The van der Waals surface area contributed by atoms with Crippen molar-refractivity contribution < 1.29 is 14.0 Å². The smallest absolute Gasteiger partial charge is 0.229 e. The van der Waals surface area contributed by atoms with E-state index < -0.39 is 5.92 Å². The zero-order valence-corrected chi connectivity index (χ0v) is 14.6. The second kappa shape index (κ2) is 6.73. The van der Waals surface area contributed by atoms with Crippen LogP contribution in [0.5, 0.6) is 0 Å². The van der Waals surface area contributed by atoms with Crippen LogP contribution in [0.25, 0.3) is 0 Å². The van der Waals surface area contributed by atoms with E-state index in [1.807, 2.05) is 25.1 Å². The molecule has 1 saturated heterocycles. The highest BCUT2D eigenvalue weighted by molar-refractivity contribution is 9.10. The predicted octanol–water partition coefficient (Wildman–Crippen LogP) is 3.89. The first-order valence-corrected chi connectivity index (χ1v) is 8.36. The van der Waals surface area contributed by atoms with Gasteiger partial charge in [-0.2, -0.15) is 0 Å². The van der Waals surface area contributed by atoms with Crippen LogP contribution in [0.4, 0.5) is 15.8 Å². The molecular formula is C18H16BrFN2O2. The number of aryl methyl sites for hydroxylation is 1. The largest absolute Gasteiger partial charge is 0.326 e. The summed E-state index contributed by atoms with van der Waals surface area (Å²) in [4.78, 5) is 26.1. The fraction of sp³-hybridized carbons (Fsp3) is 0.222. The van der Waals surface area contributed by atoms with E-state index in [0.717, 1.165) is 10.0 Å². The van der Waals surface area contributed by atoms with E-state index in [-0.39, 0.29) is 24.1 Å². The minimum atomic E-state index is -0.425. The summed E-state index contributed by atoms with van der Waals surface area (Å²) < 4.78 is 14.0. The van der Waals surface area contributed by atoms with Gasteiger partial charge in [0.2, 0.25) is 11.8 Å². The molecule has 6 heteroatoms. The van der Waals surface area contributed by atoms with Gasteiger partial charge in [-0.25, -0.2) is 4.39 Å². The van der Waals surface area contributed by atoms with Crippen molar-refractivity contribution in [3.8, 4) is 0 Å². The first-order chi connectivity index (χ1) is 11.4. The molecule has 0 aliphatic carbocycles. The number of amides is 2. The summed E-state index contributed by atoms with van der Waals surface area (Å²) in [6.45, 7) is 2.24. The molecule has 1 atom stereocenters. The Hall–Kier alpha value is -2.21. The van der Waals surface area contributed by atoms with E-state index in [0.29, 0.717) is 17.9 Å². The Labute approximate surface area is 147 Å². The minimum Gasteiger partial charge on any atom is -0.326 e. The number of carbonyl (C=O) groups excluding carboxylic acids is 2. The average Bonchev–Trinajstić information content (AvgIpc) is 2.94. The van der Waals surface area contributed by atoms with Crippen molar-refractivity contribution in [3.05, 3.63) is 58.3 Å². The molecule has 0 saturated carbocycles. The van der Waals surface area contributed by atoms with Crippen molar-refractivity contribution in [2.45, 2.75) is 13.3 Å². The molecule has 0 aromatic heterocycles. The van der Waals surface area contributed by atoms with Gasteiger partial charge in [0, 0.05) is 28.8 Å². The number of hydrogen-bond donors (Lipinski definition) is 1. The van der Waals surface area contributed by atoms with E-state index in [1.165, 1.54) is 17.0 Å². The van der Waals surface area contributed by atoms with Crippen molar-refractivity contribution in [1.82, 2.24) is 0 Å². The maximum atomic E-state index is 13.0. The molecule has 1 N–H and O–H groups in total. The van der Waals surface area contributed by atoms with Gasteiger partial charge < -0.3 is 10.2 Å². The Kier molecular flexibility index (Phi) is 4.66. The van der Waals surface area contributed by atoms with Crippen LogP contribution >= 0.6 is 15.9 Å². The van der Waals surface area contributed by atoms with Crippen LogP contribution in [0.15, 0.2) is 46.9 Å². The molecule has 3 rings (SSSR count). The maximum absolute atomic E-state index is 13.0. The lowest BCUT2D eigenvalue weighted by Crippen LogP contribution is -2.28. The first kappa shape index (κ1) is 16.6. The Morgan fingerprint density at radius 1 is 1.25 bits per heavy atom. The third-order valence-corrected chi connectivity index (χ3v) is 4.95. The van der Waals surface area contributed by atoms with E-state index in [9.17, 15) is 14.0 Å². The van der Waals surface area contributed by atoms with Gasteiger partial charge in [-0.05, 0) is 55.0 Å². The normalized spacial score (nSPS) is 17.2. The third kappa shape index (κ3) is 3.48. The molecule has 1 aliphatic heterocycles. The Morgan fingerprint density at radius 2 is 1.96 bits per heavy atom. The zero-order valence-electron chi connectivity index (χ0n) is 13.1. The first-order valence-electron chi connectivity index (χ1n) is 7.57. The molecule has 4 nitrogen and oxygen atoms in total. The molecule has 2 aromatic carbocycles. The lowest BCUT2D eigenvalue weighted by atomic mass is 10.1. The summed E-state index contributed by atoms with van der Waals surface area (Å²) >= 11 is 3.42. The highest BCUT2D eigenvalue weighted by atomic mass is 79.9. The van der Waals surface area contributed by atoms with Gasteiger partial charge in [-0.1, -0.05) is 15.9 Å². The van der Waals surface area contributed by atoms with Gasteiger partial charge >= 0.3 is 0 Å². The number of halogens is 2.